The zero-order valence-electron chi connectivity index (χ0n) is 19.6. The van der Waals surface area contributed by atoms with Crippen molar-refractivity contribution in [2.45, 2.75) is 18.5 Å². The van der Waals surface area contributed by atoms with E-state index < -0.39 is 12.1 Å². The van der Waals surface area contributed by atoms with Crippen LogP contribution in [0.25, 0.3) is 10.9 Å². The number of phenols is 1. The number of hydrogen-bond donors (Lipinski definition) is 2. The molecule has 2 aliphatic heterocycles. The fourth-order valence-electron chi connectivity index (χ4n) is 5.24. The lowest BCUT2D eigenvalue weighted by Crippen LogP contribution is -2.61. The van der Waals surface area contributed by atoms with Crippen LogP contribution >= 0.6 is 0 Å². The molecular formula is C28H24N4O4. The van der Waals surface area contributed by atoms with Gasteiger partial charge in [0.25, 0.3) is 5.91 Å². The van der Waals surface area contributed by atoms with E-state index in [1.54, 1.807) is 17.0 Å². The van der Waals surface area contributed by atoms with Crippen molar-refractivity contribution in [1.29, 1.82) is 0 Å². The highest BCUT2D eigenvalue weighted by Crippen LogP contribution is 2.42. The molecule has 1 unspecified atom stereocenters. The molecule has 6 rings (SSSR count). The Morgan fingerprint density at radius 1 is 1.06 bits per heavy atom. The third kappa shape index (κ3) is 3.50. The highest BCUT2D eigenvalue weighted by Gasteiger charge is 2.48. The molecule has 36 heavy (non-hydrogen) atoms. The number of aromatic amines is 1. The van der Waals surface area contributed by atoms with Gasteiger partial charge < -0.3 is 19.7 Å². The highest BCUT2D eigenvalue weighted by molar-refractivity contribution is 5.98. The number of aromatic nitrogens is 1. The van der Waals surface area contributed by atoms with Crippen LogP contribution in [0.4, 0.5) is 0 Å². The number of benzene rings is 3. The van der Waals surface area contributed by atoms with Crippen molar-refractivity contribution in [1.82, 2.24) is 14.9 Å². The molecule has 1 aromatic heterocycles. The standard InChI is InChI=1S/C28H24N4O4/c1-36-24-13-17(11-12-23(24)33)15-29-31-16-25(34)32-22(28(31)35)14-20-19-9-5-6-10-21(19)30-26(20)27(32)18-7-3-2-4-8-18/h2-13,15,22,27,30,33H,14,16H2,1H3/t22-,27?/m0/s1. The number of piperazine rings is 1. The van der Waals surface area contributed by atoms with Crippen LogP contribution in [-0.4, -0.2) is 57.7 Å². The second-order valence-electron chi connectivity index (χ2n) is 8.97. The smallest absolute Gasteiger partial charge is 0.266 e. The van der Waals surface area contributed by atoms with E-state index in [0.717, 1.165) is 27.7 Å². The van der Waals surface area contributed by atoms with Crippen LogP contribution in [0.3, 0.4) is 0 Å². The number of phenolic OH excluding ortho intramolecular Hbond substituents is 1. The number of carbonyl (C=O) groups is 2. The van der Waals surface area contributed by atoms with Crippen molar-refractivity contribution in [2.75, 3.05) is 13.7 Å². The number of H-pyrrole nitrogens is 1. The molecule has 2 amide bonds. The number of methoxy groups -OCH3 is 1. The van der Waals surface area contributed by atoms with Gasteiger partial charge in [-0.3, -0.25) is 9.59 Å². The van der Waals surface area contributed by atoms with Crippen molar-refractivity contribution in [2.24, 2.45) is 5.10 Å². The zero-order chi connectivity index (χ0) is 24.8. The van der Waals surface area contributed by atoms with Crippen LogP contribution in [0.1, 0.15) is 28.4 Å². The SMILES string of the molecule is COc1cc(C=NN2CC(=O)N3C(c4ccccc4)c4[nH]c5ccccc5c4C[C@H]3C2=O)ccc1O. The number of fused-ring (bicyclic) bond motifs is 4. The number of nitrogens with zero attached hydrogens (tertiary/aromatic N) is 3. The van der Waals surface area contributed by atoms with Crippen molar-refractivity contribution in [3.63, 3.8) is 0 Å². The molecule has 0 spiro atoms. The molecule has 0 radical (unpaired) electrons. The first-order valence-corrected chi connectivity index (χ1v) is 11.7. The average Bonchev–Trinajstić information content (AvgIpc) is 3.28. The number of ether oxygens (including phenoxy) is 1. The minimum absolute atomic E-state index is 0.0122. The molecule has 0 bridgehead atoms. The van der Waals surface area contributed by atoms with Crippen LogP contribution in [0.15, 0.2) is 77.9 Å². The third-order valence-corrected chi connectivity index (χ3v) is 6.91. The molecular weight excluding hydrogens is 456 g/mol. The molecule has 3 aromatic carbocycles. The predicted octanol–water partition coefficient (Wildman–Crippen LogP) is 3.60. The predicted molar refractivity (Wildman–Crippen MR) is 135 cm³/mol. The van der Waals surface area contributed by atoms with Gasteiger partial charge in [-0.15, -0.1) is 0 Å². The molecule has 4 aromatic rings. The van der Waals surface area contributed by atoms with Gasteiger partial charge >= 0.3 is 0 Å². The number of nitrogens with one attached hydrogen (secondary N) is 1. The topological polar surface area (TPSA) is 98.2 Å². The quantitative estimate of drug-likeness (QED) is 0.436. The molecule has 0 saturated carbocycles. The maximum Gasteiger partial charge on any atom is 0.266 e. The van der Waals surface area contributed by atoms with Crippen molar-refractivity contribution in [3.8, 4) is 11.5 Å². The summed E-state index contributed by atoms with van der Waals surface area (Å²) in [5.41, 5.74) is 4.57. The third-order valence-electron chi connectivity index (χ3n) is 6.91. The van der Waals surface area contributed by atoms with Gasteiger partial charge in [0, 0.05) is 23.0 Å². The number of rotatable bonds is 4. The lowest BCUT2D eigenvalue weighted by Gasteiger charge is -2.45. The number of para-hydroxylation sites is 1. The maximum atomic E-state index is 13.7. The van der Waals surface area contributed by atoms with Gasteiger partial charge in [-0.25, -0.2) is 5.01 Å². The fourth-order valence-corrected chi connectivity index (χ4v) is 5.24. The molecule has 180 valence electrons. The highest BCUT2D eigenvalue weighted by atomic mass is 16.5. The number of hydrogen-bond acceptors (Lipinski definition) is 5. The Kier molecular flexibility index (Phi) is 5.21. The molecule has 0 aliphatic carbocycles. The Morgan fingerprint density at radius 2 is 1.83 bits per heavy atom. The van der Waals surface area contributed by atoms with Crippen LogP contribution in [0, 0.1) is 0 Å². The maximum absolute atomic E-state index is 13.7. The van der Waals surface area contributed by atoms with Crippen LogP contribution < -0.4 is 4.74 Å². The van der Waals surface area contributed by atoms with Gasteiger partial charge in [-0.2, -0.15) is 5.10 Å². The summed E-state index contributed by atoms with van der Waals surface area (Å²) < 4.78 is 5.14. The summed E-state index contributed by atoms with van der Waals surface area (Å²) in [6.07, 6.45) is 1.91. The van der Waals surface area contributed by atoms with E-state index in [0.29, 0.717) is 17.7 Å². The Hall–Kier alpha value is -4.59. The number of carbonyl (C=O) groups excluding carboxylic acids is 2. The van der Waals surface area contributed by atoms with Gasteiger partial charge in [-0.1, -0.05) is 48.5 Å². The van der Waals surface area contributed by atoms with E-state index in [1.807, 2.05) is 54.6 Å². The zero-order valence-corrected chi connectivity index (χ0v) is 19.6. The summed E-state index contributed by atoms with van der Waals surface area (Å²) in [6, 6.07) is 21.5. The minimum Gasteiger partial charge on any atom is -0.504 e. The van der Waals surface area contributed by atoms with Crippen LogP contribution in [0.2, 0.25) is 0 Å². The van der Waals surface area contributed by atoms with E-state index in [-0.39, 0.29) is 24.1 Å². The van der Waals surface area contributed by atoms with Crippen molar-refractivity contribution < 1.29 is 19.4 Å². The lowest BCUT2D eigenvalue weighted by atomic mass is 9.86. The molecule has 8 heteroatoms. The van der Waals surface area contributed by atoms with E-state index in [1.165, 1.54) is 24.4 Å². The second kappa shape index (κ2) is 8.57. The molecule has 2 atom stereocenters. The first-order chi connectivity index (χ1) is 17.5. The van der Waals surface area contributed by atoms with Gasteiger partial charge in [-0.05, 0) is 41.0 Å². The average molecular weight is 481 g/mol. The van der Waals surface area contributed by atoms with E-state index >= 15 is 0 Å². The summed E-state index contributed by atoms with van der Waals surface area (Å²) in [6.45, 7) is -0.153. The monoisotopic (exact) mass is 480 g/mol. The fraction of sp³-hybridized carbons (Fsp3) is 0.179. The molecule has 2 aliphatic rings. The number of amides is 2. The minimum atomic E-state index is -0.672. The number of aromatic hydroxyl groups is 1. The summed E-state index contributed by atoms with van der Waals surface area (Å²) in [5, 5.41) is 16.5. The Morgan fingerprint density at radius 3 is 2.64 bits per heavy atom. The van der Waals surface area contributed by atoms with Gasteiger partial charge in [0.1, 0.15) is 12.6 Å². The Labute approximate surface area is 207 Å². The van der Waals surface area contributed by atoms with Gasteiger partial charge in [0.05, 0.1) is 19.4 Å². The first-order valence-electron chi connectivity index (χ1n) is 11.7. The molecule has 1 fully saturated rings. The summed E-state index contributed by atoms with van der Waals surface area (Å²) in [4.78, 5) is 32.5. The summed E-state index contributed by atoms with van der Waals surface area (Å²) in [5.74, 6) is -0.0825. The normalized spacial score (nSPS) is 19.6. The van der Waals surface area contributed by atoms with Crippen molar-refractivity contribution >= 4 is 28.9 Å². The van der Waals surface area contributed by atoms with Crippen LogP contribution in [0.5, 0.6) is 11.5 Å². The van der Waals surface area contributed by atoms with Gasteiger partial charge in [0.2, 0.25) is 5.91 Å². The largest absolute Gasteiger partial charge is 0.504 e. The lowest BCUT2D eigenvalue weighted by molar-refractivity contribution is -0.158. The van der Waals surface area contributed by atoms with Crippen LogP contribution in [-0.2, 0) is 16.0 Å². The van der Waals surface area contributed by atoms with E-state index in [2.05, 4.69) is 10.1 Å². The Balaban J connectivity index is 1.40. The van der Waals surface area contributed by atoms with E-state index in [4.69, 9.17) is 4.74 Å². The van der Waals surface area contributed by atoms with E-state index in [9.17, 15) is 14.7 Å². The van der Waals surface area contributed by atoms with Crippen molar-refractivity contribution in [3.05, 3.63) is 95.2 Å². The second-order valence-corrected chi connectivity index (χ2v) is 8.97. The Bertz CT molecular complexity index is 1510. The number of hydrazone groups is 1. The first kappa shape index (κ1) is 21.9. The molecule has 8 nitrogen and oxygen atoms in total. The molecule has 2 N–H and O–H groups in total. The molecule has 1 saturated heterocycles. The summed E-state index contributed by atoms with van der Waals surface area (Å²) >= 11 is 0. The van der Waals surface area contributed by atoms with Gasteiger partial charge in [0.15, 0.2) is 11.5 Å². The summed E-state index contributed by atoms with van der Waals surface area (Å²) in [7, 11) is 1.46. The molecule has 3 heterocycles.